The summed E-state index contributed by atoms with van der Waals surface area (Å²) in [5, 5.41) is 8.84. The van der Waals surface area contributed by atoms with E-state index in [0.29, 0.717) is 17.9 Å². The maximum absolute atomic E-state index is 12.8. The van der Waals surface area contributed by atoms with Gasteiger partial charge in [0.25, 0.3) is 5.91 Å². The summed E-state index contributed by atoms with van der Waals surface area (Å²) in [6, 6.07) is 24.2. The van der Waals surface area contributed by atoms with Crippen LogP contribution in [0.2, 0.25) is 0 Å². The van der Waals surface area contributed by atoms with Crippen molar-refractivity contribution in [2.75, 3.05) is 11.9 Å². The summed E-state index contributed by atoms with van der Waals surface area (Å²) >= 11 is 3.50. The molecule has 0 fully saturated rings. The van der Waals surface area contributed by atoms with Crippen LogP contribution in [0.15, 0.2) is 94.5 Å². The number of fused-ring (bicyclic) bond motifs is 1. The van der Waals surface area contributed by atoms with Gasteiger partial charge in [-0.25, -0.2) is 5.43 Å². The van der Waals surface area contributed by atoms with Crippen molar-refractivity contribution in [2.24, 2.45) is 5.10 Å². The molecule has 0 aliphatic rings. The zero-order chi connectivity index (χ0) is 25.5. The second kappa shape index (κ2) is 11.3. The highest BCUT2D eigenvalue weighted by Gasteiger charge is 2.30. The molecule has 0 aliphatic heterocycles. The lowest BCUT2D eigenvalue weighted by Crippen LogP contribution is -2.26. The first-order valence-corrected chi connectivity index (χ1v) is 11.7. The van der Waals surface area contributed by atoms with Gasteiger partial charge in [-0.05, 0) is 74.2 Å². The number of carbonyl (C=O) groups excluding carboxylic acids is 1. The number of nitrogens with one attached hydrogen (secondary N) is 2. The molecule has 0 aliphatic carbocycles. The number of benzene rings is 4. The third kappa shape index (κ3) is 6.63. The molecule has 4 aromatic rings. The summed E-state index contributed by atoms with van der Waals surface area (Å²) in [6.07, 6.45) is -2.99. The van der Waals surface area contributed by atoms with Gasteiger partial charge >= 0.3 is 6.18 Å². The second-order valence-electron chi connectivity index (χ2n) is 7.84. The van der Waals surface area contributed by atoms with Crippen molar-refractivity contribution in [3.05, 3.63) is 106 Å². The van der Waals surface area contributed by atoms with Crippen molar-refractivity contribution in [1.29, 1.82) is 0 Å². The number of alkyl halides is 3. The van der Waals surface area contributed by atoms with E-state index in [-0.39, 0.29) is 12.2 Å². The number of ether oxygens (including phenoxy) is 1. The van der Waals surface area contributed by atoms with Crippen LogP contribution in [0.3, 0.4) is 0 Å². The van der Waals surface area contributed by atoms with Crippen molar-refractivity contribution in [3.8, 4) is 5.75 Å². The molecule has 0 saturated heterocycles. The Morgan fingerprint density at radius 2 is 1.75 bits per heavy atom. The van der Waals surface area contributed by atoms with Gasteiger partial charge in [0.05, 0.1) is 22.8 Å². The minimum absolute atomic E-state index is 0.187. The zero-order valence-electron chi connectivity index (χ0n) is 18.9. The van der Waals surface area contributed by atoms with Crippen LogP contribution in [-0.2, 0) is 17.6 Å². The molecule has 9 heteroatoms. The Morgan fingerprint density at radius 3 is 2.56 bits per heavy atom. The Labute approximate surface area is 214 Å². The van der Waals surface area contributed by atoms with Crippen molar-refractivity contribution in [2.45, 2.75) is 12.8 Å². The third-order valence-electron chi connectivity index (χ3n) is 5.26. The van der Waals surface area contributed by atoms with E-state index in [0.717, 1.165) is 32.9 Å². The SMILES string of the molecule is O=C(CNc1cccc(C(F)(F)F)c1)N/N=C\c1ccc(OCc2cccc3ccccc23)c(Br)c1. The number of nitrogens with zero attached hydrogens (tertiary/aromatic N) is 1. The van der Waals surface area contributed by atoms with Crippen molar-refractivity contribution < 1.29 is 22.7 Å². The lowest BCUT2D eigenvalue weighted by atomic mass is 10.1. The number of rotatable bonds is 8. The molecule has 0 aromatic heterocycles. The van der Waals surface area contributed by atoms with Crippen LogP contribution in [-0.4, -0.2) is 18.7 Å². The Kier molecular flexibility index (Phi) is 7.90. The normalized spacial score (nSPS) is 11.6. The average molecular weight is 556 g/mol. The van der Waals surface area contributed by atoms with Crippen LogP contribution in [0.1, 0.15) is 16.7 Å². The maximum atomic E-state index is 12.8. The lowest BCUT2D eigenvalue weighted by molar-refractivity contribution is -0.137. The van der Waals surface area contributed by atoms with E-state index < -0.39 is 17.6 Å². The van der Waals surface area contributed by atoms with Crippen LogP contribution in [0, 0.1) is 0 Å². The van der Waals surface area contributed by atoms with Crippen LogP contribution in [0.4, 0.5) is 18.9 Å². The molecule has 1 amide bonds. The van der Waals surface area contributed by atoms with E-state index in [9.17, 15) is 18.0 Å². The van der Waals surface area contributed by atoms with Crippen LogP contribution in [0.5, 0.6) is 5.75 Å². The van der Waals surface area contributed by atoms with Crippen molar-refractivity contribution in [1.82, 2.24) is 5.43 Å². The third-order valence-corrected chi connectivity index (χ3v) is 5.88. The van der Waals surface area contributed by atoms with Gasteiger partial charge in [-0.1, -0.05) is 48.5 Å². The largest absolute Gasteiger partial charge is 0.488 e. The predicted molar refractivity (Wildman–Crippen MR) is 138 cm³/mol. The second-order valence-corrected chi connectivity index (χ2v) is 8.70. The highest BCUT2D eigenvalue weighted by Crippen LogP contribution is 2.30. The minimum atomic E-state index is -4.45. The highest BCUT2D eigenvalue weighted by molar-refractivity contribution is 9.10. The van der Waals surface area contributed by atoms with Crippen molar-refractivity contribution >= 4 is 44.5 Å². The first-order valence-electron chi connectivity index (χ1n) is 10.9. The monoisotopic (exact) mass is 555 g/mol. The van der Waals surface area contributed by atoms with E-state index in [1.54, 1.807) is 18.2 Å². The molecular weight excluding hydrogens is 535 g/mol. The number of amides is 1. The smallest absolute Gasteiger partial charge is 0.416 e. The number of hydrogen-bond acceptors (Lipinski definition) is 4. The zero-order valence-corrected chi connectivity index (χ0v) is 20.4. The average Bonchev–Trinajstić information content (AvgIpc) is 2.87. The van der Waals surface area contributed by atoms with Gasteiger partial charge in [0.2, 0.25) is 0 Å². The summed E-state index contributed by atoms with van der Waals surface area (Å²) in [5.74, 6) is 0.159. The molecule has 0 bridgehead atoms. The van der Waals surface area contributed by atoms with Crippen molar-refractivity contribution in [3.63, 3.8) is 0 Å². The molecule has 4 rings (SSSR count). The maximum Gasteiger partial charge on any atom is 0.416 e. The standard InChI is InChI=1S/C27H21BrF3N3O2/c28-24-13-18(11-12-25(24)36-17-20-7-3-6-19-5-1-2-10-23(19)20)15-33-34-26(35)16-32-22-9-4-8-21(14-22)27(29,30)31/h1-15,32H,16-17H2,(H,34,35)/b33-15-. The fourth-order valence-electron chi connectivity index (χ4n) is 3.49. The van der Waals surface area contributed by atoms with Gasteiger partial charge in [-0.15, -0.1) is 0 Å². The summed E-state index contributed by atoms with van der Waals surface area (Å²) < 4.78 is 45.1. The molecule has 0 atom stereocenters. The van der Waals surface area contributed by atoms with Crippen LogP contribution < -0.4 is 15.5 Å². The van der Waals surface area contributed by atoms with E-state index in [4.69, 9.17) is 4.74 Å². The minimum Gasteiger partial charge on any atom is -0.488 e. The van der Waals surface area contributed by atoms with Gasteiger partial charge in [-0.3, -0.25) is 4.79 Å². The number of anilines is 1. The number of carbonyl (C=O) groups is 1. The highest BCUT2D eigenvalue weighted by atomic mass is 79.9. The number of hydrazone groups is 1. The first kappa shape index (κ1) is 25.2. The molecule has 0 spiro atoms. The summed E-state index contributed by atoms with van der Waals surface area (Å²) in [5.41, 5.74) is 3.53. The van der Waals surface area contributed by atoms with E-state index in [1.165, 1.54) is 18.3 Å². The Bertz CT molecular complexity index is 1400. The Hall–Kier alpha value is -3.85. The van der Waals surface area contributed by atoms with Gasteiger partial charge in [-0.2, -0.15) is 18.3 Å². The van der Waals surface area contributed by atoms with E-state index >= 15 is 0 Å². The molecule has 0 saturated carbocycles. The topological polar surface area (TPSA) is 62.7 Å². The molecule has 2 N–H and O–H groups in total. The molecular formula is C27H21BrF3N3O2. The molecule has 0 radical (unpaired) electrons. The molecule has 0 unspecified atom stereocenters. The number of hydrogen-bond donors (Lipinski definition) is 2. The molecule has 4 aromatic carbocycles. The Morgan fingerprint density at radius 1 is 0.972 bits per heavy atom. The predicted octanol–water partition coefficient (Wildman–Crippen LogP) is 6.76. The quantitative estimate of drug-likeness (QED) is 0.186. The summed E-state index contributed by atoms with van der Waals surface area (Å²) in [7, 11) is 0. The number of halogens is 4. The first-order chi connectivity index (χ1) is 17.3. The molecule has 5 nitrogen and oxygen atoms in total. The fraction of sp³-hybridized carbons (Fsp3) is 0.111. The molecule has 184 valence electrons. The molecule has 36 heavy (non-hydrogen) atoms. The van der Waals surface area contributed by atoms with E-state index in [1.807, 2.05) is 24.3 Å². The summed E-state index contributed by atoms with van der Waals surface area (Å²) in [4.78, 5) is 12.0. The van der Waals surface area contributed by atoms with Crippen LogP contribution in [0.25, 0.3) is 10.8 Å². The van der Waals surface area contributed by atoms with Gasteiger partial charge < -0.3 is 10.1 Å². The fourth-order valence-corrected chi connectivity index (χ4v) is 4.01. The molecule has 0 heterocycles. The lowest BCUT2D eigenvalue weighted by Gasteiger charge is -2.11. The van der Waals surface area contributed by atoms with Gasteiger partial charge in [0, 0.05) is 5.69 Å². The van der Waals surface area contributed by atoms with Crippen LogP contribution >= 0.6 is 15.9 Å². The van der Waals surface area contributed by atoms with Gasteiger partial charge in [0.15, 0.2) is 0 Å². The Balaban J connectivity index is 1.29. The van der Waals surface area contributed by atoms with E-state index in [2.05, 4.69) is 50.0 Å². The van der Waals surface area contributed by atoms with Gasteiger partial charge in [0.1, 0.15) is 12.4 Å². The summed E-state index contributed by atoms with van der Waals surface area (Å²) in [6.45, 7) is 0.172.